The summed E-state index contributed by atoms with van der Waals surface area (Å²) in [5.41, 5.74) is 0.847. The molecule has 0 aromatic heterocycles. The highest BCUT2D eigenvalue weighted by Gasteiger charge is 2.06. The molecule has 2 aromatic rings. The van der Waals surface area contributed by atoms with Crippen LogP contribution in [0, 0.1) is 0 Å². The fourth-order valence-corrected chi connectivity index (χ4v) is 2.52. The highest BCUT2D eigenvalue weighted by atomic mass is 16.1. The van der Waals surface area contributed by atoms with E-state index in [1.54, 1.807) is 0 Å². The van der Waals surface area contributed by atoms with Crippen LogP contribution < -0.4 is 0 Å². The Morgan fingerprint density at radius 2 is 1.76 bits per heavy atom. The Labute approximate surface area is 127 Å². The summed E-state index contributed by atoms with van der Waals surface area (Å²) in [5, 5.41) is 2.34. The van der Waals surface area contributed by atoms with Crippen molar-refractivity contribution in [1.82, 2.24) is 0 Å². The summed E-state index contributed by atoms with van der Waals surface area (Å²) in [7, 11) is 0. The molecule has 0 radical (unpaired) electrons. The number of carbonyl (C=O) groups excluding carboxylic acids is 1. The van der Waals surface area contributed by atoms with E-state index < -0.39 is 0 Å². The summed E-state index contributed by atoms with van der Waals surface area (Å²) in [6.07, 6.45) is 10.7. The molecule has 0 N–H and O–H groups in total. The van der Waals surface area contributed by atoms with Crippen molar-refractivity contribution in [2.24, 2.45) is 0 Å². The molecule has 0 aliphatic rings. The van der Waals surface area contributed by atoms with Gasteiger partial charge in [-0.25, -0.2) is 0 Å². The van der Waals surface area contributed by atoms with E-state index in [1.165, 1.54) is 11.8 Å². The lowest BCUT2D eigenvalue weighted by atomic mass is 10.0. The minimum atomic E-state index is 0.268. The largest absolute Gasteiger partial charge is 0.294 e. The molecule has 0 aliphatic carbocycles. The number of hydrogen-bond donors (Lipinski definition) is 0. The van der Waals surface area contributed by atoms with Crippen LogP contribution >= 0.6 is 0 Å². The lowest BCUT2D eigenvalue weighted by molar-refractivity contribution is 0.0979. The molecule has 0 bridgehead atoms. The predicted molar refractivity (Wildman–Crippen MR) is 90.8 cm³/mol. The molecular formula is C20H24O. The summed E-state index contributed by atoms with van der Waals surface area (Å²) < 4.78 is 0. The Balaban J connectivity index is 1.80. The molecule has 2 aromatic carbocycles. The summed E-state index contributed by atoms with van der Waals surface area (Å²) in [6.45, 7) is 2.15. The Bertz CT molecular complexity index is 610. The van der Waals surface area contributed by atoms with Gasteiger partial charge in [-0.3, -0.25) is 4.79 Å². The SMILES string of the molecule is CC/C=C\CCCCCC(=O)c1ccc2ccccc2c1. The van der Waals surface area contributed by atoms with Crippen LogP contribution in [0.3, 0.4) is 0 Å². The van der Waals surface area contributed by atoms with Crippen molar-refractivity contribution < 1.29 is 4.79 Å². The molecule has 1 heteroatoms. The standard InChI is InChI=1S/C20H24O/c1-2-3-4-5-6-7-8-13-20(21)19-15-14-17-11-9-10-12-18(17)16-19/h3-4,9-12,14-16H,2,5-8,13H2,1H3/b4-3-. The molecule has 2 rings (SSSR count). The molecule has 0 unspecified atom stereocenters. The second-order valence-corrected chi connectivity index (χ2v) is 5.46. The summed E-state index contributed by atoms with van der Waals surface area (Å²) in [4.78, 5) is 12.2. The van der Waals surface area contributed by atoms with E-state index in [2.05, 4.69) is 31.2 Å². The Kier molecular flexibility index (Phi) is 6.21. The molecule has 21 heavy (non-hydrogen) atoms. The molecule has 0 aliphatic heterocycles. The topological polar surface area (TPSA) is 17.1 Å². The van der Waals surface area contributed by atoms with Gasteiger partial charge in [-0.05, 0) is 42.5 Å². The Morgan fingerprint density at radius 3 is 2.57 bits per heavy atom. The molecular weight excluding hydrogens is 256 g/mol. The average Bonchev–Trinajstić information content (AvgIpc) is 2.53. The maximum absolute atomic E-state index is 12.2. The number of benzene rings is 2. The van der Waals surface area contributed by atoms with Crippen LogP contribution in [0.25, 0.3) is 10.8 Å². The zero-order chi connectivity index (χ0) is 14.9. The quantitative estimate of drug-likeness (QED) is 0.332. The molecule has 110 valence electrons. The number of rotatable bonds is 8. The van der Waals surface area contributed by atoms with Crippen LogP contribution in [-0.2, 0) is 0 Å². The van der Waals surface area contributed by atoms with E-state index >= 15 is 0 Å². The fraction of sp³-hybridized carbons (Fsp3) is 0.350. The Hall–Kier alpha value is -1.89. The first-order valence-electron chi connectivity index (χ1n) is 7.98. The summed E-state index contributed by atoms with van der Waals surface area (Å²) in [6, 6.07) is 14.2. The first-order chi connectivity index (χ1) is 10.3. The van der Waals surface area contributed by atoms with Crippen molar-refractivity contribution in [3.63, 3.8) is 0 Å². The fourth-order valence-electron chi connectivity index (χ4n) is 2.52. The van der Waals surface area contributed by atoms with E-state index in [-0.39, 0.29) is 5.78 Å². The van der Waals surface area contributed by atoms with Crippen LogP contribution in [0.2, 0.25) is 0 Å². The van der Waals surface area contributed by atoms with Gasteiger partial charge < -0.3 is 0 Å². The molecule has 0 spiro atoms. The first-order valence-corrected chi connectivity index (χ1v) is 7.98. The van der Waals surface area contributed by atoms with E-state index in [4.69, 9.17) is 0 Å². The molecule has 0 amide bonds. The van der Waals surface area contributed by atoms with Crippen molar-refractivity contribution in [3.05, 3.63) is 60.2 Å². The normalized spacial score (nSPS) is 11.3. The van der Waals surface area contributed by atoms with Crippen molar-refractivity contribution in [2.45, 2.75) is 45.4 Å². The van der Waals surface area contributed by atoms with E-state index in [1.807, 2.05) is 30.3 Å². The number of hydrogen-bond acceptors (Lipinski definition) is 1. The molecule has 0 fully saturated rings. The number of Topliss-reactive ketones (excluding diaryl/α,β-unsaturated/α-hetero) is 1. The highest BCUT2D eigenvalue weighted by Crippen LogP contribution is 2.17. The van der Waals surface area contributed by atoms with Gasteiger partial charge in [0.15, 0.2) is 5.78 Å². The molecule has 0 saturated carbocycles. The number of unbranched alkanes of at least 4 members (excludes halogenated alkanes) is 3. The van der Waals surface area contributed by atoms with Crippen molar-refractivity contribution in [2.75, 3.05) is 0 Å². The van der Waals surface area contributed by atoms with Gasteiger partial charge in [-0.1, -0.05) is 61.9 Å². The van der Waals surface area contributed by atoms with Crippen LogP contribution in [-0.4, -0.2) is 5.78 Å². The molecule has 0 saturated heterocycles. The minimum absolute atomic E-state index is 0.268. The summed E-state index contributed by atoms with van der Waals surface area (Å²) >= 11 is 0. The molecule has 0 atom stereocenters. The minimum Gasteiger partial charge on any atom is -0.294 e. The van der Waals surface area contributed by atoms with Crippen molar-refractivity contribution in [3.8, 4) is 0 Å². The van der Waals surface area contributed by atoms with Gasteiger partial charge in [0.1, 0.15) is 0 Å². The van der Waals surface area contributed by atoms with Gasteiger partial charge in [-0.2, -0.15) is 0 Å². The third kappa shape index (κ3) is 4.86. The number of carbonyl (C=O) groups is 1. The first kappa shape index (κ1) is 15.5. The predicted octanol–water partition coefficient (Wildman–Crippen LogP) is 5.94. The van der Waals surface area contributed by atoms with Crippen LogP contribution in [0.4, 0.5) is 0 Å². The van der Waals surface area contributed by atoms with Gasteiger partial charge in [-0.15, -0.1) is 0 Å². The van der Waals surface area contributed by atoms with Crippen LogP contribution in [0.5, 0.6) is 0 Å². The monoisotopic (exact) mass is 280 g/mol. The lowest BCUT2D eigenvalue weighted by Crippen LogP contribution is -1.98. The number of allylic oxidation sites excluding steroid dienone is 2. The second-order valence-electron chi connectivity index (χ2n) is 5.46. The lowest BCUT2D eigenvalue weighted by Gasteiger charge is -2.03. The maximum atomic E-state index is 12.2. The highest BCUT2D eigenvalue weighted by molar-refractivity contribution is 5.99. The van der Waals surface area contributed by atoms with Gasteiger partial charge in [0.25, 0.3) is 0 Å². The molecule has 0 heterocycles. The average molecular weight is 280 g/mol. The number of ketones is 1. The third-order valence-electron chi connectivity index (χ3n) is 3.75. The van der Waals surface area contributed by atoms with E-state index in [0.717, 1.165) is 36.6 Å². The van der Waals surface area contributed by atoms with Crippen molar-refractivity contribution >= 4 is 16.6 Å². The zero-order valence-electron chi connectivity index (χ0n) is 12.8. The second kappa shape index (κ2) is 8.41. The van der Waals surface area contributed by atoms with Crippen LogP contribution in [0.1, 0.15) is 55.8 Å². The maximum Gasteiger partial charge on any atom is 0.162 e. The van der Waals surface area contributed by atoms with E-state index in [9.17, 15) is 4.79 Å². The number of fused-ring (bicyclic) bond motifs is 1. The van der Waals surface area contributed by atoms with Gasteiger partial charge in [0.2, 0.25) is 0 Å². The summed E-state index contributed by atoms with van der Waals surface area (Å²) in [5.74, 6) is 0.268. The van der Waals surface area contributed by atoms with Crippen LogP contribution in [0.15, 0.2) is 54.6 Å². The molecule has 1 nitrogen and oxygen atoms in total. The van der Waals surface area contributed by atoms with Gasteiger partial charge in [0.05, 0.1) is 0 Å². The zero-order valence-corrected chi connectivity index (χ0v) is 12.8. The Morgan fingerprint density at radius 1 is 0.952 bits per heavy atom. The van der Waals surface area contributed by atoms with Gasteiger partial charge in [0, 0.05) is 12.0 Å². The van der Waals surface area contributed by atoms with E-state index in [0.29, 0.717) is 6.42 Å². The smallest absolute Gasteiger partial charge is 0.162 e. The third-order valence-corrected chi connectivity index (χ3v) is 3.75. The van der Waals surface area contributed by atoms with Gasteiger partial charge >= 0.3 is 0 Å². The van der Waals surface area contributed by atoms with Crippen molar-refractivity contribution in [1.29, 1.82) is 0 Å².